The van der Waals surface area contributed by atoms with Crippen molar-refractivity contribution >= 4 is 15.9 Å². The van der Waals surface area contributed by atoms with Crippen LogP contribution in [0.3, 0.4) is 0 Å². The van der Waals surface area contributed by atoms with E-state index in [1.165, 1.54) is 12.1 Å². The maximum absolute atomic E-state index is 12.5. The van der Waals surface area contributed by atoms with Gasteiger partial charge in [0.15, 0.2) is 17.3 Å². The van der Waals surface area contributed by atoms with Gasteiger partial charge in [-0.15, -0.1) is 0 Å². The number of sulfonamides is 1. The minimum atomic E-state index is -3.85. The zero-order valence-corrected chi connectivity index (χ0v) is 17.8. The number of hydrogen-bond donors (Lipinski definition) is 2. The van der Waals surface area contributed by atoms with Crippen molar-refractivity contribution in [3.63, 3.8) is 0 Å². The summed E-state index contributed by atoms with van der Waals surface area (Å²) < 4.78 is 43.7. The first-order valence-corrected chi connectivity index (χ1v) is 10.9. The molecule has 1 aromatic carbocycles. The highest BCUT2D eigenvalue weighted by Crippen LogP contribution is 2.32. The summed E-state index contributed by atoms with van der Waals surface area (Å²) >= 11 is 0. The number of carbonyl (C=O) groups excluding carboxylic acids is 1. The molecule has 0 bridgehead atoms. The quantitative estimate of drug-likeness (QED) is 0.767. The standard InChI is InChI=1S/C20H26N2O6S/c1-13(14-6-7-15-17(12-14)27-11-5-10-26-15)21-19(23)16-8-9-18(28-16)29(24,25)22-20(2,3)4/h6-9,12-13,22H,5,10-11H2,1-4H3,(H,21,23). The molecule has 1 aliphatic rings. The van der Waals surface area contributed by atoms with E-state index in [1.807, 2.05) is 25.1 Å². The van der Waals surface area contributed by atoms with Gasteiger partial charge in [-0.25, -0.2) is 13.1 Å². The van der Waals surface area contributed by atoms with Crippen LogP contribution in [0.25, 0.3) is 0 Å². The fourth-order valence-electron chi connectivity index (χ4n) is 2.84. The molecule has 0 aliphatic carbocycles. The summed E-state index contributed by atoms with van der Waals surface area (Å²) in [4.78, 5) is 12.5. The molecule has 8 nitrogen and oxygen atoms in total. The van der Waals surface area contributed by atoms with Crippen LogP contribution >= 0.6 is 0 Å². The van der Waals surface area contributed by atoms with Gasteiger partial charge in [0.2, 0.25) is 5.09 Å². The van der Waals surface area contributed by atoms with Crippen LogP contribution in [0.2, 0.25) is 0 Å². The van der Waals surface area contributed by atoms with Crippen molar-refractivity contribution in [1.29, 1.82) is 0 Å². The van der Waals surface area contributed by atoms with Gasteiger partial charge in [-0.2, -0.15) is 0 Å². The van der Waals surface area contributed by atoms with Crippen molar-refractivity contribution < 1.29 is 27.1 Å². The molecule has 1 atom stereocenters. The lowest BCUT2D eigenvalue weighted by Gasteiger charge is -2.19. The second-order valence-electron chi connectivity index (χ2n) is 7.93. The number of amides is 1. The maximum Gasteiger partial charge on any atom is 0.287 e. The minimum absolute atomic E-state index is 0.0829. The van der Waals surface area contributed by atoms with Gasteiger partial charge in [0.05, 0.1) is 19.3 Å². The van der Waals surface area contributed by atoms with Crippen LogP contribution < -0.4 is 19.5 Å². The van der Waals surface area contributed by atoms with E-state index in [2.05, 4.69) is 10.0 Å². The smallest absolute Gasteiger partial charge is 0.287 e. The highest BCUT2D eigenvalue weighted by Gasteiger charge is 2.26. The fraction of sp³-hybridized carbons (Fsp3) is 0.450. The average Bonchev–Trinajstić information content (AvgIpc) is 3.00. The molecule has 0 saturated heterocycles. The molecule has 0 spiro atoms. The molecule has 1 aliphatic heterocycles. The van der Waals surface area contributed by atoms with Crippen LogP contribution in [0.15, 0.2) is 39.8 Å². The summed E-state index contributed by atoms with van der Waals surface area (Å²) in [7, 11) is -3.85. The lowest BCUT2D eigenvalue weighted by atomic mass is 10.1. The average molecular weight is 423 g/mol. The van der Waals surface area contributed by atoms with Crippen molar-refractivity contribution in [2.75, 3.05) is 13.2 Å². The van der Waals surface area contributed by atoms with E-state index in [0.29, 0.717) is 24.7 Å². The van der Waals surface area contributed by atoms with Crippen molar-refractivity contribution in [2.24, 2.45) is 0 Å². The molecule has 2 aromatic rings. The Balaban J connectivity index is 1.71. The molecule has 0 radical (unpaired) electrons. The Bertz CT molecular complexity index is 991. The van der Waals surface area contributed by atoms with Crippen LogP contribution in [0.5, 0.6) is 11.5 Å². The van der Waals surface area contributed by atoms with Gasteiger partial charge in [0.1, 0.15) is 0 Å². The number of benzene rings is 1. The first kappa shape index (κ1) is 21.2. The molecule has 3 rings (SSSR count). The van der Waals surface area contributed by atoms with Crippen molar-refractivity contribution in [3.05, 3.63) is 41.7 Å². The van der Waals surface area contributed by atoms with Gasteiger partial charge in [0, 0.05) is 12.0 Å². The largest absolute Gasteiger partial charge is 0.490 e. The summed E-state index contributed by atoms with van der Waals surface area (Å²) in [6.45, 7) is 8.16. The van der Waals surface area contributed by atoms with E-state index in [-0.39, 0.29) is 16.9 Å². The number of fused-ring (bicyclic) bond motifs is 1. The Morgan fingerprint density at radius 2 is 1.76 bits per heavy atom. The normalized spacial score (nSPS) is 15.4. The third kappa shape index (κ3) is 5.30. The van der Waals surface area contributed by atoms with Gasteiger partial charge >= 0.3 is 0 Å². The zero-order chi connectivity index (χ0) is 21.2. The van der Waals surface area contributed by atoms with E-state index in [0.717, 1.165) is 12.0 Å². The summed E-state index contributed by atoms with van der Waals surface area (Å²) in [5, 5.41) is 2.50. The van der Waals surface area contributed by atoms with E-state index in [1.54, 1.807) is 20.8 Å². The number of furan rings is 1. The first-order valence-electron chi connectivity index (χ1n) is 9.39. The van der Waals surface area contributed by atoms with Crippen LogP contribution in [-0.4, -0.2) is 33.1 Å². The Morgan fingerprint density at radius 3 is 2.45 bits per heavy atom. The predicted molar refractivity (Wildman–Crippen MR) is 107 cm³/mol. The molecule has 2 N–H and O–H groups in total. The molecule has 2 heterocycles. The van der Waals surface area contributed by atoms with Gasteiger partial charge < -0.3 is 19.2 Å². The molecule has 158 valence electrons. The van der Waals surface area contributed by atoms with Crippen LogP contribution in [0.4, 0.5) is 0 Å². The van der Waals surface area contributed by atoms with E-state index >= 15 is 0 Å². The monoisotopic (exact) mass is 422 g/mol. The predicted octanol–water partition coefficient (Wildman–Crippen LogP) is 3.01. The fourth-order valence-corrected chi connectivity index (χ4v) is 4.19. The molecule has 0 saturated carbocycles. The first-order chi connectivity index (χ1) is 13.5. The maximum atomic E-state index is 12.5. The molecule has 29 heavy (non-hydrogen) atoms. The van der Waals surface area contributed by atoms with Crippen LogP contribution in [0, 0.1) is 0 Å². The third-order valence-corrected chi connectivity index (χ3v) is 5.76. The van der Waals surface area contributed by atoms with Crippen LogP contribution in [-0.2, 0) is 10.0 Å². The summed E-state index contributed by atoms with van der Waals surface area (Å²) in [6, 6.07) is 7.75. The number of hydrogen-bond acceptors (Lipinski definition) is 6. The zero-order valence-electron chi connectivity index (χ0n) is 16.9. The minimum Gasteiger partial charge on any atom is -0.490 e. The molecule has 1 amide bonds. The van der Waals surface area contributed by atoms with Crippen molar-refractivity contribution in [1.82, 2.24) is 10.0 Å². The SMILES string of the molecule is CC(NC(=O)c1ccc(S(=O)(=O)NC(C)(C)C)o1)c1ccc2c(c1)OCCCO2. The second-order valence-corrected chi connectivity index (χ2v) is 9.54. The number of ether oxygens (including phenoxy) is 2. The Hall–Kier alpha value is -2.52. The molecule has 0 fully saturated rings. The van der Waals surface area contributed by atoms with Crippen molar-refractivity contribution in [3.8, 4) is 11.5 Å². The Kier molecular flexibility index (Phi) is 5.90. The highest BCUT2D eigenvalue weighted by atomic mass is 32.2. The highest BCUT2D eigenvalue weighted by molar-refractivity contribution is 7.89. The molecule has 1 aromatic heterocycles. The van der Waals surface area contributed by atoms with Gasteiger partial charge in [-0.3, -0.25) is 4.79 Å². The van der Waals surface area contributed by atoms with E-state index < -0.39 is 21.5 Å². The van der Waals surface area contributed by atoms with Gasteiger partial charge in [-0.1, -0.05) is 6.07 Å². The number of nitrogens with one attached hydrogen (secondary N) is 2. The van der Waals surface area contributed by atoms with E-state index in [4.69, 9.17) is 13.9 Å². The second kappa shape index (κ2) is 8.08. The summed E-state index contributed by atoms with van der Waals surface area (Å²) in [5.74, 6) is 0.722. The Labute approximate surface area is 170 Å². The lowest BCUT2D eigenvalue weighted by molar-refractivity contribution is 0.0906. The number of carbonyl (C=O) groups is 1. The van der Waals surface area contributed by atoms with Crippen LogP contribution in [0.1, 0.15) is 56.3 Å². The molecular weight excluding hydrogens is 396 g/mol. The molecule has 1 unspecified atom stereocenters. The van der Waals surface area contributed by atoms with Crippen molar-refractivity contribution in [2.45, 2.75) is 50.8 Å². The molecule has 9 heteroatoms. The van der Waals surface area contributed by atoms with E-state index in [9.17, 15) is 13.2 Å². The van der Waals surface area contributed by atoms with Gasteiger partial charge in [-0.05, 0) is 57.5 Å². The third-order valence-electron chi connectivity index (χ3n) is 4.13. The Morgan fingerprint density at radius 1 is 1.07 bits per heavy atom. The molecular formula is C20H26N2O6S. The lowest BCUT2D eigenvalue weighted by Crippen LogP contribution is -2.40. The number of rotatable bonds is 5. The summed E-state index contributed by atoms with van der Waals surface area (Å²) in [5.41, 5.74) is 0.163. The summed E-state index contributed by atoms with van der Waals surface area (Å²) in [6.07, 6.45) is 0.810. The van der Waals surface area contributed by atoms with Gasteiger partial charge in [0.25, 0.3) is 15.9 Å². The topological polar surface area (TPSA) is 107 Å².